The summed E-state index contributed by atoms with van der Waals surface area (Å²) in [6.45, 7) is 2.10. The molecule has 2 aromatic carbocycles. The molecule has 1 atom stereocenters. The van der Waals surface area contributed by atoms with E-state index in [-0.39, 0.29) is 5.56 Å². The molecule has 0 aliphatic rings. The molecule has 6 nitrogen and oxygen atoms in total. The van der Waals surface area contributed by atoms with Crippen LogP contribution in [0.1, 0.15) is 47.7 Å². The first kappa shape index (κ1) is 22.7. The first-order chi connectivity index (χ1) is 15.8. The molecule has 0 saturated heterocycles. The van der Waals surface area contributed by atoms with Gasteiger partial charge in [0.25, 0.3) is 0 Å². The predicted octanol–water partition coefficient (Wildman–Crippen LogP) is 5.03. The van der Waals surface area contributed by atoms with Crippen molar-refractivity contribution in [3.05, 3.63) is 82.9 Å². The minimum atomic E-state index is -4.46. The van der Waals surface area contributed by atoms with Crippen LogP contribution in [0.3, 0.4) is 0 Å². The zero-order valence-corrected chi connectivity index (χ0v) is 18.3. The van der Waals surface area contributed by atoms with Gasteiger partial charge in [-0.3, -0.25) is 4.68 Å². The highest BCUT2D eigenvalue weighted by molar-refractivity contribution is 5.81. The van der Waals surface area contributed by atoms with Crippen molar-refractivity contribution < 1.29 is 18.3 Å². The topological polar surface area (TPSA) is 75.9 Å². The smallest absolute Gasteiger partial charge is 0.369 e. The van der Waals surface area contributed by atoms with E-state index in [1.54, 1.807) is 23.1 Å². The summed E-state index contributed by atoms with van der Waals surface area (Å²) in [5, 5.41) is 18.8. The largest absolute Gasteiger partial charge is 0.416 e. The molecule has 0 fully saturated rings. The van der Waals surface area contributed by atoms with Crippen molar-refractivity contribution in [2.24, 2.45) is 7.05 Å². The lowest BCUT2D eigenvalue weighted by Crippen LogP contribution is -2.12. The maximum atomic E-state index is 12.9. The lowest BCUT2D eigenvalue weighted by molar-refractivity contribution is -0.137. The standard InChI is InChI=1S/C24H24F3N5O/c1-3-5-19-21-20(31-32(2)22(21)29-14-28-19)12-15-8-10-18(11-9-15)30-23(33)16-6-4-7-17(13-16)24(25,26)27/h4,6-11,13-14,23,30,33H,3,5,12H2,1-2H3. The van der Waals surface area contributed by atoms with Gasteiger partial charge in [0.15, 0.2) is 11.9 Å². The monoisotopic (exact) mass is 455 g/mol. The minimum Gasteiger partial charge on any atom is -0.369 e. The first-order valence-corrected chi connectivity index (χ1v) is 10.6. The summed E-state index contributed by atoms with van der Waals surface area (Å²) in [5.74, 6) is 0. The summed E-state index contributed by atoms with van der Waals surface area (Å²) in [6, 6.07) is 12.0. The fourth-order valence-electron chi connectivity index (χ4n) is 3.82. The van der Waals surface area contributed by atoms with Crippen molar-refractivity contribution >= 4 is 16.7 Å². The van der Waals surface area contributed by atoms with Gasteiger partial charge in [-0.25, -0.2) is 9.97 Å². The number of anilines is 1. The number of hydrogen-bond donors (Lipinski definition) is 2. The number of aromatic nitrogens is 4. The van der Waals surface area contributed by atoms with Crippen molar-refractivity contribution in [2.45, 2.75) is 38.6 Å². The van der Waals surface area contributed by atoms with E-state index >= 15 is 0 Å². The molecule has 33 heavy (non-hydrogen) atoms. The highest BCUT2D eigenvalue weighted by Crippen LogP contribution is 2.31. The van der Waals surface area contributed by atoms with Crippen molar-refractivity contribution in [3.63, 3.8) is 0 Å². The summed E-state index contributed by atoms with van der Waals surface area (Å²) in [5.41, 5.74) is 3.59. The van der Waals surface area contributed by atoms with Crippen LogP contribution in [0.15, 0.2) is 54.9 Å². The van der Waals surface area contributed by atoms with Gasteiger partial charge in [0, 0.05) is 24.7 Å². The highest BCUT2D eigenvalue weighted by Gasteiger charge is 2.30. The predicted molar refractivity (Wildman–Crippen MR) is 120 cm³/mol. The molecule has 0 spiro atoms. The van der Waals surface area contributed by atoms with Gasteiger partial charge in [-0.05, 0) is 36.2 Å². The fourth-order valence-corrected chi connectivity index (χ4v) is 3.82. The van der Waals surface area contributed by atoms with Gasteiger partial charge >= 0.3 is 6.18 Å². The molecule has 172 valence electrons. The number of hydrogen-bond acceptors (Lipinski definition) is 5. The highest BCUT2D eigenvalue weighted by atomic mass is 19.4. The molecule has 0 saturated carbocycles. The van der Waals surface area contributed by atoms with Crippen LogP contribution in [0.4, 0.5) is 18.9 Å². The van der Waals surface area contributed by atoms with Crippen molar-refractivity contribution in [1.29, 1.82) is 0 Å². The molecule has 4 rings (SSSR count). The fraction of sp³-hybridized carbons (Fsp3) is 0.292. The lowest BCUT2D eigenvalue weighted by atomic mass is 10.0. The number of aryl methyl sites for hydroxylation is 2. The molecule has 2 aromatic heterocycles. The van der Waals surface area contributed by atoms with E-state index in [9.17, 15) is 18.3 Å². The van der Waals surface area contributed by atoms with Crippen molar-refractivity contribution in [2.75, 3.05) is 5.32 Å². The van der Waals surface area contributed by atoms with Gasteiger partial charge in [0.2, 0.25) is 0 Å². The van der Waals surface area contributed by atoms with Crippen LogP contribution in [0.2, 0.25) is 0 Å². The Labute approximate surface area is 189 Å². The molecule has 2 heterocycles. The van der Waals surface area contributed by atoms with Crippen molar-refractivity contribution in [1.82, 2.24) is 19.7 Å². The van der Waals surface area contributed by atoms with Crippen LogP contribution in [0, 0.1) is 0 Å². The van der Waals surface area contributed by atoms with Gasteiger partial charge in [0.05, 0.1) is 22.3 Å². The molecule has 1 unspecified atom stereocenters. The molecule has 0 amide bonds. The normalized spacial score (nSPS) is 12.8. The minimum absolute atomic E-state index is 0.136. The zero-order valence-electron chi connectivity index (χ0n) is 18.3. The summed E-state index contributed by atoms with van der Waals surface area (Å²) in [7, 11) is 1.86. The third-order valence-corrected chi connectivity index (χ3v) is 5.42. The van der Waals surface area contributed by atoms with Gasteiger partial charge in [0.1, 0.15) is 6.33 Å². The Balaban J connectivity index is 1.51. The third-order valence-electron chi connectivity index (χ3n) is 5.42. The van der Waals surface area contributed by atoms with Crippen LogP contribution in [-0.2, 0) is 26.1 Å². The number of aliphatic hydroxyl groups excluding tert-OH is 1. The molecule has 2 N–H and O–H groups in total. The molecule has 9 heteroatoms. The quantitative estimate of drug-likeness (QED) is 0.383. The zero-order chi connectivity index (χ0) is 23.6. The number of nitrogens with zero attached hydrogens (tertiary/aromatic N) is 4. The first-order valence-electron chi connectivity index (χ1n) is 10.6. The van der Waals surface area contributed by atoms with Crippen LogP contribution < -0.4 is 5.32 Å². The molecule has 0 aliphatic carbocycles. The van der Waals surface area contributed by atoms with Crippen LogP contribution in [0.5, 0.6) is 0 Å². The second kappa shape index (κ2) is 9.19. The van der Waals surface area contributed by atoms with Gasteiger partial charge in [-0.15, -0.1) is 0 Å². The van der Waals surface area contributed by atoms with Crippen LogP contribution >= 0.6 is 0 Å². The van der Waals surface area contributed by atoms with E-state index in [0.717, 1.165) is 53.0 Å². The Hall–Kier alpha value is -3.46. The van der Waals surface area contributed by atoms with E-state index in [2.05, 4.69) is 27.3 Å². The lowest BCUT2D eigenvalue weighted by Gasteiger charge is -2.16. The molecular weight excluding hydrogens is 431 g/mol. The van der Waals surface area contributed by atoms with E-state index in [4.69, 9.17) is 0 Å². The van der Waals surface area contributed by atoms with Crippen LogP contribution in [0.25, 0.3) is 11.0 Å². The Bertz CT molecular complexity index is 1250. The summed E-state index contributed by atoms with van der Waals surface area (Å²) < 4.78 is 40.6. The van der Waals surface area contributed by atoms with E-state index in [1.165, 1.54) is 12.1 Å². The summed E-state index contributed by atoms with van der Waals surface area (Å²) in [4.78, 5) is 8.80. The van der Waals surface area contributed by atoms with Gasteiger partial charge in [-0.1, -0.05) is 37.6 Å². The summed E-state index contributed by atoms with van der Waals surface area (Å²) in [6.07, 6.45) is -1.78. The maximum absolute atomic E-state index is 12.9. The van der Waals surface area contributed by atoms with Crippen LogP contribution in [-0.4, -0.2) is 24.9 Å². The van der Waals surface area contributed by atoms with Crippen molar-refractivity contribution in [3.8, 4) is 0 Å². The SMILES string of the molecule is CCCc1ncnc2c1c(Cc1ccc(NC(O)c3cccc(C(F)(F)F)c3)cc1)nn2C. The number of alkyl halides is 3. The number of benzene rings is 2. The number of rotatable bonds is 7. The summed E-state index contributed by atoms with van der Waals surface area (Å²) >= 11 is 0. The maximum Gasteiger partial charge on any atom is 0.416 e. The third kappa shape index (κ3) is 4.98. The Kier molecular flexibility index (Phi) is 6.33. The number of aliphatic hydroxyl groups is 1. The number of halogens is 3. The van der Waals surface area contributed by atoms with Gasteiger partial charge < -0.3 is 10.4 Å². The van der Waals surface area contributed by atoms with E-state index in [1.807, 2.05) is 19.2 Å². The molecular formula is C24H24F3N5O. The molecule has 0 aliphatic heterocycles. The second-order valence-electron chi connectivity index (χ2n) is 7.88. The Morgan fingerprint density at radius 2 is 1.82 bits per heavy atom. The second-order valence-corrected chi connectivity index (χ2v) is 7.88. The average molecular weight is 455 g/mol. The average Bonchev–Trinajstić information content (AvgIpc) is 3.11. The van der Waals surface area contributed by atoms with E-state index in [0.29, 0.717) is 12.1 Å². The molecule has 0 bridgehead atoms. The number of fused-ring (bicyclic) bond motifs is 1. The molecule has 0 radical (unpaired) electrons. The van der Waals surface area contributed by atoms with E-state index < -0.39 is 18.0 Å². The Morgan fingerprint density at radius 3 is 2.52 bits per heavy atom. The number of nitrogens with one attached hydrogen (secondary N) is 1. The Morgan fingerprint density at radius 1 is 1.06 bits per heavy atom. The molecule has 4 aromatic rings. The van der Waals surface area contributed by atoms with Gasteiger partial charge in [-0.2, -0.15) is 18.3 Å².